The third-order valence-electron chi connectivity index (χ3n) is 4.42. The summed E-state index contributed by atoms with van der Waals surface area (Å²) in [5, 5.41) is 26.6. The van der Waals surface area contributed by atoms with Crippen molar-refractivity contribution in [3.05, 3.63) is 35.7 Å². The maximum absolute atomic E-state index is 10.3. The number of aryl methyl sites for hydroxylation is 1. The summed E-state index contributed by atoms with van der Waals surface area (Å²) < 4.78 is 1.97. The van der Waals surface area contributed by atoms with Gasteiger partial charge in [-0.3, -0.25) is 0 Å². The normalized spacial score (nSPS) is 12.0. The fraction of sp³-hybridized carbons (Fsp3) is 0.450. The van der Waals surface area contributed by atoms with E-state index in [1.165, 1.54) is 0 Å². The third-order valence-corrected chi connectivity index (χ3v) is 4.42. The molecule has 3 aromatic rings. The molecule has 0 unspecified atom stereocenters. The van der Waals surface area contributed by atoms with E-state index in [9.17, 15) is 10.2 Å². The second-order valence-electron chi connectivity index (χ2n) is 7.92. The largest absolute Gasteiger partial charge is 0.507 e. The Morgan fingerprint density at radius 1 is 1.18 bits per heavy atom. The van der Waals surface area contributed by atoms with E-state index in [1.54, 1.807) is 20.2 Å². The maximum Gasteiger partial charge on any atom is 0.226 e. The molecule has 4 N–H and O–H groups in total. The number of hydrogen-bond acceptors (Lipinski definition) is 7. The van der Waals surface area contributed by atoms with Crippen molar-refractivity contribution in [2.75, 3.05) is 17.2 Å². The fourth-order valence-electron chi connectivity index (χ4n) is 2.83. The van der Waals surface area contributed by atoms with Gasteiger partial charge < -0.3 is 25.4 Å². The Bertz CT molecular complexity index is 975. The highest BCUT2D eigenvalue weighted by molar-refractivity contribution is 5.84. The molecule has 0 amide bonds. The molecular weight excluding hydrogens is 356 g/mol. The van der Waals surface area contributed by atoms with Gasteiger partial charge in [-0.2, -0.15) is 9.97 Å². The van der Waals surface area contributed by atoms with Gasteiger partial charge in [0.15, 0.2) is 17.0 Å². The van der Waals surface area contributed by atoms with Gasteiger partial charge in [-0.25, -0.2) is 4.98 Å². The first kappa shape index (κ1) is 19.9. The summed E-state index contributed by atoms with van der Waals surface area (Å²) in [5.74, 6) is 1.25. The molecule has 0 aliphatic rings. The zero-order valence-corrected chi connectivity index (χ0v) is 17.0. The molecular formula is C20H28N6O2. The highest BCUT2D eigenvalue weighted by Crippen LogP contribution is 2.26. The zero-order chi connectivity index (χ0) is 20.5. The number of imidazole rings is 1. The lowest BCUT2D eigenvalue weighted by molar-refractivity contribution is 0.0943. The monoisotopic (exact) mass is 384 g/mol. The van der Waals surface area contributed by atoms with Crippen LogP contribution in [0.1, 0.15) is 44.9 Å². The highest BCUT2D eigenvalue weighted by atomic mass is 16.3. The zero-order valence-electron chi connectivity index (χ0n) is 17.0. The average molecular weight is 384 g/mol. The molecule has 3 rings (SSSR count). The first-order chi connectivity index (χ1) is 13.2. The van der Waals surface area contributed by atoms with Crippen LogP contribution < -0.4 is 10.6 Å². The van der Waals surface area contributed by atoms with Crippen molar-refractivity contribution < 1.29 is 10.2 Å². The van der Waals surface area contributed by atoms with Gasteiger partial charge in [-0.15, -0.1) is 0 Å². The smallest absolute Gasteiger partial charge is 0.226 e. The maximum atomic E-state index is 10.3. The Morgan fingerprint density at radius 2 is 1.93 bits per heavy atom. The van der Waals surface area contributed by atoms with Crippen LogP contribution in [0.2, 0.25) is 0 Å². The molecule has 8 heteroatoms. The number of aliphatic hydroxyl groups is 1. The van der Waals surface area contributed by atoms with Gasteiger partial charge in [0.25, 0.3) is 0 Å². The van der Waals surface area contributed by atoms with Crippen molar-refractivity contribution in [1.82, 2.24) is 19.5 Å². The van der Waals surface area contributed by atoms with Crippen LogP contribution in [0.3, 0.4) is 0 Å². The summed E-state index contributed by atoms with van der Waals surface area (Å²) in [6.45, 7) is 10.1. The Balaban J connectivity index is 1.96. The molecule has 0 fully saturated rings. The molecule has 0 aliphatic carbocycles. The molecule has 0 atom stereocenters. The number of nitrogens with one attached hydrogen (secondary N) is 2. The highest BCUT2D eigenvalue weighted by Gasteiger charge is 2.17. The molecule has 1 aromatic carbocycles. The quantitative estimate of drug-likeness (QED) is 0.495. The summed E-state index contributed by atoms with van der Waals surface area (Å²) in [6, 6.07) is 5.83. The van der Waals surface area contributed by atoms with Crippen LogP contribution in [0.5, 0.6) is 5.75 Å². The van der Waals surface area contributed by atoms with Gasteiger partial charge >= 0.3 is 0 Å². The lowest BCUT2D eigenvalue weighted by Gasteiger charge is -2.18. The van der Waals surface area contributed by atoms with Gasteiger partial charge in [-0.1, -0.05) is 18.2 Å². The van der Waals surface area contributed by atoms with Crippen LogP contribution in [0.4, 0.5) is 11.8 Å². The standard InChI is InChI=1S/C20H28N6O2/c1-12(2)26-11-23-15-17(21-9-14-8-6-7-13(3)16(14)27)24-19(25-18(15)26)22-10-20(4,5)28/h6-8,11-12,27-28H,9-10H2,1-5H3,(H2,21,22,24,25). The molecule has 0 spiro atoms. The predicted molar refractivity (Wildman–Crippen MR) is 111 cm³/mol. The van der Waals surface area contributed by atoms with Gasteiger partial charge in [0.1, 0.15) is 5.75 Å². The van der Waals surface area contributed by atoms with Crippen molar-refractivity contribution >= 4 is 22.9 Å². The molecule has 28 heavy (non-hydrogen) atoms. The SMILES string of the molecule is Cc1cccc(CNc2nc(NCC(C)(C)O)nc3c2ncn3C(C)C)c1O. The van der Waals surface area contributed by atoms with Crippen LogP contribution in [-0.2, 0) is 6.54 Å². The molecule has 150 valence electrons. The fourth-order valence-corrected chi connectivity index (χ4v) is 2.83. The Kier molecular flexibility index (Phi) is 5.42. The predicted octanol–water partition coefficient (Wildman–Crippen LogP) is 3.22. The van der Waals surface area contributed by atoms with E-state index in [2.05, 4.69) is 39.4 Å². The first-order valence-electron chi connectivity index (χ1n) is 9.38. The Morgan fingerprint density at radius 3 is 2.61 bits per heavy atom. The topological polar surface area (TPSA) is 108 Å². The lowest BCUT2D eigenvalue weighted by Crippen LogP contribution is -2.30. The molecule has 8 nitrogen and oxygen atoms in total. The summed E-state index contributed by atoms with van der Waals surface area (Å²) >= 11 is 0. The minimum atomic E-state index is -0.891. The molecule has 2 aromatic heterocycles. The summed E-state index contributed by atoms with van der Waals surface area (Å²) in [5.41, 5.74) is 2.08. The van der Waals surface area contributed by atoms with E-state index >= 15 is 0 Å². The number of anilines is 2. The van der Waals surface area contributed by atoms with Crippen molar-refractivity contribution in [3.63, 3.8) is 0 Å². The van der Waals surface area contributed by atoms with Crippen molar-refractivity contribution in [1.29, 1.82) is 0 Å². The van der Waals surface area contributed by atoms with Gasteiger partial charge in [0.2, 0.25) is 5.95 Å². The minimum absolute atomic E-state index is 0.190. The van der Waals surface area contributed by atoms with Crippen LogP contribution in [0, 0.1) is 6.92 Å². The van der Waals surface area contributed by atoms with E-state index in [1.807, 2.05) is 29.7 Å². The number of para-hydroxylation sites is 1. The lowest BCUT2D eigenvalue weighted by atomic mass is 10.1. The molecule has 2 heterocycles. The van der Waals surface area contributed by atoms with Gasteiger partial charge in [0, 0.05) is 24.7 Å². The molecule has 0 saturated carbocycles. The number of aromatic nitrogens is 4. The number of hydrogen-bond donors (Lipinski definition) is 4. The van der Waals surface area contributed by atoms with Crippen LogP contribution in [-0.4, -0.2) is 41.9 Å². The third kappa shape index (κ3) is 4.33. The van der Waals surface area contributed by atoms with E-state index in [0.717, 1.165) is 11.1 Å². The van der Waals surface area contributed by atoms with Crippen LogP contribution >= 0.6 is 0 Å². The number of phenolic OH excluding ortho intramolecular Hbond substituents is 1. The number of aromatic hydroxyl groups is 1. The number of benzene rings is 1. The molecule has 0 aliphatic heterocycles. The number of nitrogens with zero attached hydrogens (tertiary/aromatic N) is 4. The summed E-state index contributed by atoms with van der Waals surface area (Å²) in [7, 11) is 0. The number of phenols is 1. The van der Waals surface area contributed by atoms with Gasteiger partial charge in [-0.05, 0) is 40.2 Å². The second-order valence-corrected chi connectivity index (χ2v) is 7.92. The van der Waals surface area contributed by atoms with E-state index < -0.39 is 5.60 Å². The van der Waals surface area contributed by atoms with E-state index in [4.69, 9.17) is 0 Å². The molecule has 0 radical (unpaired) electrons. The van der Waals surface area contributed by atoms with E-state index in [-0.39, 0.29) is 11.8 Å². The van der Waals surface area contributed by atoms with Crippen LogP contribution in [0.25, 0.3) is 11.2 Å². The van der Waals surface area contributed by atoms with Crippen molar-refractivity contribution in [3.8, 4) is 5.75 Å². The van der Waals surface area contributed by atoms with Crippen molar-refractivity contribution in [2.24, 2.45) is 0 Å². The number of rotatable bonds is 7. The van der Waals surface area contributed by atoms with Crippen molar-refractivity contribution in [2.45, 2.75) is 52.8 Å². The average Bonchev–Trinajstić information content (AvgIpc) is 3.05. The summed E-state index contributed by atoms with van der Waals surface area (Å²) in [6.07, 6.45) is 1.75. The number of fused-ring (bicyclic) bond motifs is 1. The second kappa shape index (κ2) is 7.63. The molecule has 0 bridgehead atoms. The van der Waals surface area contributed by atoms with E-state index in [0.29, 0.717) is 36.0 Å². The Labute approximate surface area is 164 Å². The van der Waals surface area contributed by atoms with Crippen LogP contribution in [0.15, 0.2) is 24.5 Å². The first-order valence-corrected chi connectivity index (χ1v) is 9.38. The summed E-state index contributed by atoms with van der Waals surface area (Å²) in [4.78, 5) is 13.6. The minimum Gasteiger partial charge on any atom is -0.507 e. The van der Waals surface area contributed by atoms with Gasteiger partial charge in [0.05, 0.1) is 11.9 Å². The molecule has 0 saturated heterocycles. The Hall–Kier alpha value is -2.87.